The fraction of sp³-hybridized carbons (Fsp3) is 0.607. The maximum atomic E-state index is 14.2. The van der Waals surface area contributed by atoms with Crippen LogP contribution >= 0.6 is 0 Å². The van der Waals surface area contributed by atoms with Gasteiger partial charge in [-0.1, -0.05) is 7.43 Å². The molecule has 1 N–H and O–H groups in total. The maximum absolute atomic E-state index is 14.2. The summed E-state index contributed by atoms with van der Waals surface area (Å²) in [6.07, 6.45) is 1.64. The van der Waals surface area contributed by atoms with Gasteiger partial charge in [0.05, 0.1) is 37.5 Å². The van der Waals surface area contributed by atoms with Crippen molar-refractivity contribution >= 4 is 22.8 Å². The summed E-state index contributed by atoms with van der Waals surface area (Å²) >= 11 is 0. The van der Waals surface area contributed by atoms with Crippen LogP contribution < -0.4 is 10.2 Å². The number of ether oxygens (including phenoxy) is 2. The van der Waals surface area contributed by atoms with E-state index in [1.54, 1.807) is 6.07 Å². The van der Waals surface area contributed by atoms with Crippen molar-refractivity contribution in [1.29, 1.82) is 0 Å². The fourth-order valence-electron chi connectivity index (χ4n) is 5.92. The van der Waals surface area contributed by atoms with Crippen molar-refractivity contribution in [2.45, 2.75) is 45.6 Å². The predicted molar refractivity (Wildman–Crippen MR) is 148 cm³/mol. The summed E-state index contributed by atoms with van der Waals surface area (Å²) in [6.45, 7) is 6.69. The molecule has 3 fully saturated rings. The number of nitrogens with one attached hydrogen (secondary N) is 1. The topological polar surface area (TPSA) is 80.6 Å². The molecule has 0 spiro atoms. The Balaban J connectivity index is 0.00000323. The van der Waals surface area contributed by atoms with E-state index in [0.717, 1.165) is 52.0 Å². The molecule has 40 heavy (non-hydrogen) atoms. The van der Waals surface area contributed by atoms with E-state index in [1.807, 2.05) is 0 Å². The summed E-state index contributed by atoms with van der Waals surface area (Å²) in [6, 6.07) is 6.12. The second-order valence-corrected chi connectivity index (χ2v) is 10.5. The number of morpholine rings is 2. The molecule has 2 aromatic heterocycles. The van der Waals surface area contributed by atoms with Gasteiger partial charge in [-0.25, -0.2) is 18.2 Å². The minimum Gasteiger partial charge on any atom is -0.379 e. The minimum atomic E-state index is -2.86. The predicted octanol–water partition coefficient (Wildman–Crippen LogP) is 4.67. The lowest BCUT2D eigenvalue weighted by Gasteiger charge is -2.38. The first-order chi connectivity index (χ1) is 19.0. The average Bonchev–Trinajstić information content (AvgIpc) is 3.36. The number of anilines is 2. The number of hydrogen-bond donors (Lipinski definition) is 1. The van der Waals surface area contributed by atoms with Gasteiger partial charge in [-0.2, -0.15) is 9.97 Å². The van der Waals surface area contributed by atoms with Crippen molar-refractivity contribution in [3.63, 3.8) is 0 Å². The van der Waals surface area contributed by atoms with Gasteiger partial charge in [0.2, 0.25) is 5.95 Å². The largest absolute Gasteiger partial charge is 0.379 e. The molecular formula is C28H38F3N7O2. The number of rotatable bonds is 7. The van der Waals surface area contributed by atoms with Crippen LogP contribution in [0.25, 0.3) is 16.9 Å². The normalized spacial score (nSPS) is 22.4. The van der Waals surface area contributed by atoms with Crippen molar-refractivity contribution in [3.8, 4) is 5.82 Å². The lowest BCUT2D eigenvalue weighted by atomic mass is 9.85. The second kappa shape index (κ2) is 12.7. The van der Waals surface area contributed by atoms with Crippen LogP contribution in [0.4, 0.5) is 24.9 Å². The lowest BCUT2D eigenvalue weighted by molar-refractivity contribution is 0.00539. The van der Waals surface area contributed by atoms with Crippen LogP contribution in [0.2, 0.25) is 0 Å². The first-order valence-electron chi connectivity index (χ1n) is 13.8. The van der Waals surface area contributed by atoms with Crippen molar-refractivity contribution in [2.75, 3.05) is 69.4 Å². The van der Waals surface area contributed by atoms with Gasteiger partial charge in [0.1, 0.15) is 17.5 Å². The van der Waals surface area contributed by atoms with Crippen LogP contribution in [-0.2, 0) is 9.47 Å². The summed E-state index contributed by atoms with van der Waals surface area (Å²) < 4.78 is 54.6. The van der Waals surface area contributed by atoms with Gasteiger partial charge in [0, 0.05) is 50.9 Å². The molecule has 3 aromatic rings. The van der Waals surface area contributed by atoms with E-state index in [1.165, 1.54) is 22.8 Å². The second-order valence-electron chi connectivity index (χ2n) is 10.5. The molecule has 6 rings (SSSR count). The summed E-state index contributed by atoms with van der Waals surface area (Å²) in [4.78, 5) is 18.1. The molecule has 4 heterocycles. The van der Waals surface area contributed by atoms with Gasteiger partial charge in [-0.05, 0) is 43.7 Å². The Bertz CT molecular complexity index is 1270. The zero-order valence-corrected chi connectivity index (χ0v) is 21.9. The molecule has 0 amide bonds. The Morgan fingerprint density at radius 3 is 2.25 bits per heavy atom. The van der Waals surface area contributed by atoms with Crippen LogP contribution in [0.15, 0.2) is 24.3 Å². The molecule has 0 atom stereocenters. The molecule has 1 aromatic carbocycles. The molecule has 12 heteroatoms. The molecule has 1 saturated carbocycles. The first kappa shape index (κ1) is 28.6. The quantitative estimate of drug-likeness (QED) is 0.446. The third-order valence-corrected chi connectivity index (χ3v) is 8.03. The number of imidazole rings is 1. The third kappa shape index (κ3) is 6.18. The molecule has 0 unspecified atom stereocenters. The van der Waals surface area contributed by atoms with Crippen LogP contribution in [0, 0.1) is 11.7 Å². The number of aromatic nitrogens is 4. The molecule has 1 aliphatic carbocycles. The van der Waals surface area contributed by atoms with E-state index in [4.69, 9.17) is 14.5 Å². The van der Waals surface area contributed by atoms with Gasteiger partial charge < -0.3 is 19.7 Å². The van der Waals surface area contributed by atoms with E-state index >= 15 is 0 Å². The molecular weight excluding hydrogens is 523 g/mol. The SMILES string of the molecule is C.Fc1ccc2nc(C(F)F)n(-c3cc(N4CCOCC4)nc(NCC4CCC(N5CCOCC5)CC4)n3)c2c1. The Labute approximate surface area is 232 Å². The van der Waals surface area contributed by atoms with Gasteiger partial charge in [-0.3, -0.25) is 9.47 Å². The van der Waals surface area contributed by atoms with Crippen LogP contribution in [-0.4, -0.2) is 89.6 Å². The molecule has 9 nitrogen and oxygen atoms in total. The standard InChI is InChI=1S/C27H34F3N7O2.CH4/c28-19-3-6-21-22(15-19)37(26(32-21)25(29)30)24-16-23(36-9-13-39-14-10-36)33-27(34-24)31-17-18-1-4-20(5-2-18)35-7-11-38-12-8-35;/h3,6,15-16,18,20,25H,1-2,4-5,7-14,17H2,(H,31,33,34);1H4. The molecule has 2 aliphatic heterocycles. The molecule has 3 aliphatic rings. The summed E-state index contributed by atoms with van der Waals surface area (Å²) in [5.41, 5.74) is 0.522. The Morgan fingerprint density at radius 1 is 0.875 bits per heavy atom. The number of alkyl halides is 2. The summed E-state index contributed by atoms with van der Waals surface area (Å²) in [7, 11) is 0. The van der Waals surface area contributed by atoms with Crippen molar-refractivity contribution < 1.29 is 22.6 Å². The number of benzene rings is 1. The van der Waals surface area contributed by atoms with Crippen LogP contribution in [0.3, 0.4) is 0 Å². The van der Waals surface area contributed by atoms with E-state index < -0.39 is 18.1 Å². The van der Waals surface area contributed by atoms with Crippen LogP contribution in [0.5, 0.6) is 0 Å². The smallest absolute Gasteiger partial charge is 0.296 e. The van der Waals surface area contributed by atoms with Gasteiger partial charge in [0.15, 0.2) is 5.82 Å². The van der Waals surface area contributed by atoms with Crippen molar-refractivity contribution in [2.24, 2.45) is 5.92 Å². The summed E-state index contributed by atoms with van der Waals surface area (Å²) in [5.74, 6) is 0.672. The van der Waals surface area contributed by atoms with Crippen LogP contribution in [0.1, 0.15) is 45.4 Å². The van der Waals surface area contributed by atoms with Crippen molar-refractivity contribution in [1.82, 2.24) is 24.4 Å². The Hall–Kier alpha value is -2.96. The average molecular weight is 562 g/mol. The highest BCUT2D eigenvalue weighted by molar-refractivity contribution is 5.78. The zero-order valence-electron chi connectivity index (χ0n) is 21.9. The number of fused-ring (bicyclic) bond motifs is 1. The highest BCUT2D eigenvalue weighted by Gasteiger charge is 2.28. The Kier molecular flexibility index (Phi) is 9.07. The Morgan fingerprint density at radius 2 is 1.55 bits per heavy atom. The van der Waals surface area contributed by atoms with Crippen molar-refractivity contribution in [3.05, 3.63) is 35.9 Å². The highest BCUT2D eigenvalue weighted by Crippen LogP contribution is 2.31. The van der Waals surface area contributed by atoms with E-state index in [9.17, 15) is 13.2 Å². The van der Waals surface area contributed by atoms with Gasteiger partial charge in [0.25, 0.3) is 6.43 Å². The molecule has 0 bridgehead atoms. The minimum absolute atomic E-state index is 0. The molecule has 2 saturated heterocycles. The van der Waals surface area contributed by atoms with E-state index in [2.05, 4.69) is 25.1 Å². The third-order valence-electron chi connectivity index (χ3n) is 8.03. The monoisotopic (exact) mass is 561 g/mol. The van der Waals surface area contributed by atoms with E-state index in [0.29, 0.717) is 56.6 Å². The highest BCUT2D eigenvalue weighted by atomic mass is 19.3. The van der Waals surface area contributed by atoms with Gasteiger partial charge in [-0.15, -0.1) is 0 Å². The van der Waals surface area contributed by atoms with E-state index in [-0.39, 0.29) is 24.3 Å². The summed E-state index contributed by atoms with van der Waals surface area (Å²) in [5, 5.41) is 3.39. The fourth-order valence-corrected chi connectivity index (χ4v) is 5.92. The molecule has 0 radical (unpaired) electrons. The number of halogens is 3. The maximum Gasteiger partial charge on any atom is 0.296 e. The lowest BCUT2D eigenvalue weighted by Crippen LogP contribution is -2.45. The molecule has 218 valence electrons. The first-order valence-corrected chi connectivity index (χ1v) is 13.8. The number of hydrogen-bond acceptors (Lipinski definition) is 8. The number of nitrogens with zero attached hydrogens (tertiary/aromatic N) is 6. The zero-order chi connectivity index (χ0) is 26.8. The van der Waals surface area contributed by atoms with Gasteiger partial charge >= 0.3 is 0 Å².